The maximum Gasteiger partial charge on any atom is 0.225 e. The van der Waals surface area contributed by atoms with Gasteiger partial charge in [0.25, 0.3) is 0 Å². The fourth-order valence-corrected chi connectivity index (χ4v) is 2.71. The normalized spacial score (nSPS) is 10.8. The van der Waals surface area contributed by atoms with E-state index in [1.807, 2.05) is 36.4 Å². The van der Waals surface area contributed by atoms with E-state index in [4.69, 9.17) is 0 Å². The van der Waals surface area contributed by atoms with Crippen LogP contribution in [0.1, 0.15) is 12.0 Å². The van der Waals surface area contributed by atoms with Crippen LogP contribution in [0, 0.1) is 6.92 Å². The van der Waals surface area contributed by atoms with Gasteiger partial charge >= 0.3 is 0 Å². The van der Waals surface area contributed by atoms with Gasteiger partial charge in [0.2, 0.25) is 5.95 Å². The zero-order valence-electron chi connectivity index (χ0n) is 16.1. The minimum absolute atomic E-state index is 0.624. The largest absolute Gasteiger partial charge is 0.354 e. The van der Waals surface area contributed by atoms with Gasteiger partial charge in [-0.25, -0.2) is 4.98 Å². The molecule has 0 aliphatic rings. The van der Waals surface area contributed by atoms with Gasteiger partial charge in [0.15, 0.2) is 0 Å². The molecular weight excluding hydrogens is 336 g/mol. The number of benzene rings is 1. The Morgan fingerprint density at radius 1 is 1.00 bits per heavy atom. The van der Waals surface area contributed by atoms with Gasteiger partial charge in [-0.1, -0.05) is 18.2 Å². The number of aryl methyl sites for hydroxylation is 1. The molecule has 3 rings (SSSR count). The van der Waals surface area contributed by atoms with Gasteiger partial charge in [-0.3, -0.25) is 4.98 Å². The van der Waals surface area contributed by atoms with Crippen molar-refractivity contribution < 1.29 is 0 Å². The van der Waals surface area contributed by atoms with Crippen molar-refractivity contribution in [1.82, 2.24) is 19.9 Å². The van der Waals surface area contributed by atoms with E-state index in [0.717, 1.165) is 42.3 Å². The van der Waals surface area contributed by atoms with Crippen LogP contribution in [0.15, 0.2) is 54.9 Å². The Bertz CT molecular complexity index is 864. The van der Waals surface area contributed by atoms with E-state index in [0.29, 0.717) is 5.95 Å². The number of para-hydroxylation sites is 1. The molecule has 1 aromatic carbocycles. The number of hydrogen-bond donors (Lipinski definition) is 2. The predicted molar refractivity (Wildman–Crippen MR) is 111 cm³/mol. The summed E-state index contributed by atoms with van der Waals surface area (Å²) in [6, 6.07) is 14.0. The van der Waals surface area contributed by atoms with E-state index in [2.05, 4.69) is 57.6 Å². The summed E-state index contributed by atoms with van der Waals surface area (Å²) in [6.07, 6.45) is 4.57. The second-order valence-corrected chi connectivity index (χ2v) is 6.72. The molecule has 0 fully saturated rings. The van der Waals surface area contributed by atoms with Crippen LogP contribution in [0.4, 0.5) is 17.5 Å². The van der Waals surface area contributed by atoms with Crippen LogP contribution < -0.4 is 10.6 Å². The number of pyridine rings is 1. The molecule has 0 bridgehead atoms. The Hall–Kier alpha value is -2.99. The lowest BCUT2D eigenvalue weighted by atomic mass is 10.2. The third-order valence-corrected chi connectivity index (χ3v) is 4.18. The molecule has 2 N–H and O–H groups in total. The monoisotopic (exact) mass is 362 g/mol. The molecule has 2 heterocycles. The fraction of sp³-hybridized carbons (Fsp3) is 0.286. The molecular formula is C21H26N6. The summed E-state index contributed by atoms with van der Waals surface area (Å²) in [5.74, 6) is 1.39. The Labute approximate surface area is 160 Å². The minimum Gasteiger partial charge on any atom is -0.354 e. The summed E-state index contributed by atoms with van der Waals surface area (Å²) in [7, 11) is 4.15. The van der Waals surface area contributed by atoms with Gasteiger partial charge in [0.1, 0.15) is 5.82 Å². The highest BCUT2D eigenvalue weighted by molar-refractivity contribution is 5.68. The van der Waals surface area contributed by atoms with E-state index >= 15 is 0 Å². The van der Waals surface area contributed by atoms with Crippen molar-refractivity contribution in [3.8, 4) is 11.3 Å². The summed E-state index contributed by atoms with van der Waals surface area (Å²) in [5.41, 5.74) is 4.08. The average molecular weight is 362 g/mol. The molecule has 0 saturated carbocycles. The SMILES string of the molecule is Cc1ccccc1Nc1cc(-c2ccncc2)nc(NCCCN(C)C)n1. The van der Waals surface area contributed by atoms with Gasteiger partial charge in [-0.15, -0.1) is 0 Å². The molecule has 0 atom stereocenters. The van der Waals surface area contributed by atoms with Gasteiger partial charge in [-0.05, 0) is 57.7 Å². The first-order valence-corrected chi connectivity index (χ1v) is 9.12. The molecule has 6 heteroatoms. The third-order valence-electron chi connectivity index (χ3n) is 4.18. The molecule has 140 valence electrons. The Kier molecular flexibility index (Phi) is 6.33. The maximum atomic E-state index is 4.68. The summed E-state index contributed by atoms with van der Waals surface area (Å²) < 4.78 is 0. The summed E-state index contributed by atoms with van der Waals surface area (Å²) in [5, 5.41) is 6.76. The zero-order valence-corrected chi connectivity index (χ0v) is 16.1. The highest BCUT2D eigenvalue weighted by Crippen LogP contribution is 2.24. The standard InChI is InChI=1S/C21H26N6/c1-16-7-4-5-8-18(16)24-20-15-19(17-9-12-22-13-10-17)25-21(26-20)23-11-6-14-27(2)3/h4-5,7-10,12-13,15H,6,11,14H2,1-3H3,(H2,23,24,25,26). The maximum absolute atomic E-state index is 4.68. The van der Waals surface area contributed by atoms with E-state index in [1.54, 1.807) is 12.4 Å². The molecule has 2 aromatic heterocycles. The zero-order chi connectivity index (χ0) is 19.1. The van der Waals surface area contributed by atoms with Crippen molar-refractivity contribution >= 4 is 17.5 Å². The quantitative estimate of drug-likeness (QED) is 0.592. The second kappa shape index (κ2) is 9.09. The molecule has 0 amide bonds. The van der Waals surface area contributed by atoms with Crippen molar-refractivity contribution in [1.29, 1.82) is 0 Å². The van der Waals surface area contributed by atoms with E-state index in [9.17, 15) is 0 Å². The molecule has 0 aliphatic heterocycles. The van der Waals surface area contributed by atoms with Crippen molar-refractivity contribution in [2.45, 2.75) is 13.3 Å². The van der Waals surface area contributed by atoms with Crippen LogP contribution in [0.2, 0.25) is 0 Å². The van der Waals surface area contributed by atoms with Crippen LogP contribution in [-0.2, 0) is 0 Å². The van der Waals surface area contributed by atoms with Gasteiger partial charge < -0.3 is 15.5 Å². The Morgan fingerprint density at radius 3 is 2.52 bits per heavy atom. The molecule has 0 spiro atoms. The van der Waals surface area contributed by atoms with Crippen molar-refractivity contribution in [3.63, 3.8) is 0 Å². The van der Waals surface area contributed by atoms with E-state index in [1.165, 1.54) is 5.56 Å². The van der Waals surface area contributed by atoms with Crippen LogP contribution in [0.3, 0.4) is 0 Å². The first kappa shape index (κ1) is 18.8. The predicted octanol–water partition coefficient (Wildman–Crippen LogP) is 3.95. The lowest BCUT2D eigenvalue weighted by Crippen LogP contribution is -2.17. The fourth-order valence-electron chi connectivity index (χ4n) is 2.71. The van der Waals surface area contributed by atoms with Crippen LogP contribution in [0.25, 0.3) is 11.3 Å². The van der Waals surface area contributed by atoms with Crippen molar-refractivity contribution in [3.05, 3.63) is 60.4 Å². The second-order valence-electron chi connectivity index (χ2n) is 6.72. The average Bonchev–Trinajstić information content (AvgIpc) is 2.67. The molecule has 0 unspecified atom stereocenters. The topological polar surface area (TPSA) is 66.0 Å². The first-order chi connectivity index (χ1) is 13.1. The van der Waals surface area contributed by atoms with Gasteiger partial charge in [0.05, 0.1) is 5.69 Å². The number of rotatable bonds is 8. The molecule has 27 heavy (non-hydrogen) atoms. The van der Waals surface area contributed by atoms with E-state index in [-0.39, 0.29) is 0 Å². The van der Waals surface area contributed by atoms with Gasteiger partial charge in [0, 0.05) is 36.3 Å². The molecule has 0 radical (unpaired) electrons. The summed E-state index contributed by atoms with van der Waals surface area (Å²) in [4.78, 5) is 15.6. The number of anilines is 3. The molecule has 0 saturated heterocycles. The third kappa shape index (κ3) is 5.49. The smallest absolute Gasteiger partial charge is 0.225 e. The number of hydrogen-bond acceptors (Lipinski definition) is 6. The van der Waals surface area contributed by atoms with E-state index < -0.39 is 0 Å². The lowest BCUT2D eigenvalue weighted by molar-refractivity contribution is 0.405. The first-order valence-electron chi connectivity index (χ1n) is 9.12. The number of nitrogens with zero attached hydrogens (tertiary/aromatic N) is 4. The highest BCUT2D eigenvalue weighted by Gasteiger charge is 2.08. The minimum atomic E-state index is 0.624. The molecule has 0 aliphatic carbocycles. The van der Waals surface area contributed by atoms with Gasteiger partial charge in [-0.2, -0.15) is 4.98 Å². The summed E-state index contributed by atoms with van der Waals surface area (Å²) >= 11 is 0. The summed E-state index contributed by atoms with van der Waals surface area (Å²) in [6.45, 7) is 3.92. The van der Waals surface area contributed by atoms with Crippen molar-refractivity contribution in [2.75, 3.05) is 37.8 Å². The van der Waals surface area contributed by atoms with Crippen LogP contribution in [0.5, 0.6) is 0 Å². The molecule has 3 aromatic rings. The Morgan fingerprint density at radius 2 is 1.78 bits per heavy atom. The van der Waals surface area contributed by atoms with Crippen molar-refractivity contribution in [2.24, 2.45) is 0 Å². The number of aromatic nitrogens is 3. The molecule has 6 nitrogen and oxygen atoms in total. The van der Waals surface area contributed by atoms with Crippen LogP contribution >= 0.6 is 0 Å². The Balaban J connectivity index is 1.85. The van der Waals surface area contributed by atoms with Crippen LogP contribution in [-0.4, -0.2) is 47.0 Å². The number of nitrogens with one attached hydrogen (secondary N) is 2. The lowest BCUT2D eigenvalue weighted by Gasteiger charge is -2.13. The highest BCUT2D eigenvalue weighted by atomic mass is 15.1.